The summed E-state index contributed by atoms with van der Waals surface area (Å²) in [6, 6.07) is 11.3. The molecule has 2 aliphatic rings. The van der Waals surface area contributed by atoms with Crippen LogP contribution in [0.25, 0.3) is 0 Å². The molecular formula is C22H26ClN3O5S. The SMILES string of the molecule is O=C(Nc1ccc(S(=O)(=O)NCCCN2CCOCC2)cc1)C1Cc2cc(Cl)ccc2O1. The zero-order valence-corrected chi connectivity index (χ0v) is 19.1. The second-order valence-corrected chi connectivity index (χ2v) is 9.99. The molecule has 0 radical (unpaired) electrons. The van der Waals surface area contributed by atoms with Crippen molar-refractivity contribution in [3.63, 3.8) is 0 Å². The summed E-state index contributed by atoms with van der Waals surface area (Å²) in [7, 11) is -3.61. The number of hydrogen-bond donors (Lipinski definition) is 2. The second-order valence-electron chi connectivity index (χ2n) is 7.78. The van der Waals surface area contributed by atoms with E-state index in [1.54, 1.807) is 30.3 Å². The third kappa shape index (κ3) is 5.79. The molecule has 4 rings (SSSR count). The predicted octanol–water partition coefficient (Wildman–Crippen LogP) is 2.28. The number of hydrogen-bond acceptors (Lipinski definition) is 6. The highest BCUT2D eigenvalue weighted by Gasteiger charge is 2.29. The number of carbonyl (C=O) groups excluding carboxylic acids is 1. The van der Waals surface area contributed by atoms with Gasteiger partial charge in [0, 0.05) is 36.8 Å². The van der Waals surface area contributed by atoms with Crippen LogP contribution in [0.3, 0.4) is 0 Å². The Bertz CT molecular complexity index is 1060. The number of carbonyl (C=O) groups is 1. The van der Waals surface area contributed by atoms with E-state index in [0.717, 1.165) is 44.8 Å². The van der Waals surface area contributed by atoms with Gasteiger partial charge in [0.15, 0.2) is 6.10 Å². The molecule has 0 aliphatic carbocycles. The number of rotatable bonds is 8. The molecule has 2 aliphatic heterocycles. The van der Waals surface area contributed by atoms with Gasteiger partial charge < -0.3 is 14.8 Å². The van der Waals surface area contributed by atoms with E-state index in [1.807, 2.05) is 0 Å². The van der Waals surface area contributed by atoms with Gasteiger partial charge in [0.25, 0.3) is 5.91 Å². The Balaban J connectivity index is 1.26. The first kappa shape index (κ1) is 23.0. The molecule has 1 unspecified atom stereocenters. The Labute approximate surface area is 192 Å². The van der Waals surface area contributed by atoms with Crippen LogP contribution in [0.2, 0.25) is 5.02 Å². The largest absolute Gasteiger partial charge is 0.480 e. The Morgan fingerprint density at radius 1 is 1.12 bits per heavy atom. The minimum atomic E-state index is -3.61. The summed E-state index contributed by atoms with van der Waals surface area (Å²) >= 11 is 5.99. The van der Waals surface area contributed by atoms with E-state index in [-0.39, 0.29) is 10.8 Å². The van der Waals surface area contributed by atoms with Gasteiger partial charge in [-0.3, -0.25) is 9.69 Å². The minimum Gasteiger partial charge on any atom is -0.480 e. The number of fused-ring (bicyclic) bond motifs is 1. The van der Waals surface area contributed by atoms with Crippen molar-refractivity contribution in [1.82, 2.24) is 9.62 Å². The molecule has 0 aromatic heterocycles. The summed E-state index contributed by atoms with van der Waals surface area (Å²) in [5.41, 5.74) is 1.39. The zero-order chi connectivity index (χ0) is 22.6. The van der Waals surface area contributed by atoms with Crippen LogP contribution in [0.5, 0.6) is 5.75 Å². The van der Waals surface area contributed by atoms with Crippen molar-refractivity contribution in [3.8, 4) is 5.75 Å². The Morgan fingerprint density at radius 2 is 1.88 bits per heavy atom. The highest BCUT2D eigenvalue weighted by Crippen LogP contribution is 2.31. The number of ether oxygens (including phenoxy) is 2. The summed E-state index contributed by atoms with van der Waals surface area (Å²) < 4.78 is 38.7. The van der Waals surface area contributed by atoms with Crippen molar-refractivity contribution in [1.29, 1.82) is 0 Å². The molecule has 1 saturated heterocycles. The molecule has 32 heavy (non-hydrogen) atoms. The number of halogens is 1. The monoisotopic (exact) mass is 479 g/mol. The normalized spacial score (nSPS) is 18.7. The molecule has 2 N–H and O–H groups in total. The van der Waals surface area contributed by atoms with Gasteiger partial charge in [-0.2, -0.15) is 0 Å². The lowest BCUT2D eigenvalue weighted by Crippen LogP contribution is -2.38. The van der Waals surface area contributed by atoms with Crippen LogP contribution in [-0.2, 0) is 26.0 Å². The van der Waals surface area contributed by atoms with Crippen molar-refractivity contribution >= 4 is 33.2 Å². The lowest BCUT2D eigenvalue weighted by atomic mass is 10.1. The first-order valence-corrected chi connectivity index (χ1v) is 12.4. The summed E-state index contributed by atoms with van der Waals surface area (Å²) in [5, 5.41) is 3.37. The van der Waals surface area contributed by atoms with Gasteiger partial charge in [0.2, 0.25) is 10.0 Å². The van der Waals surface area contributed by atoms with Crippen molar-refractivity contribution in [2.24, 2.45) is 0 Å². The molecule has 8 nitrogen and oxygen atoms in total. The molecule has 0 bridgehead atoms. The van der Waals surface area contributed by atoms with Gasteiger partial charge >= 0.3 is 0 Å². The molecule has 1 amide bonds. The molecule has 1 fully saturated rings. The van der Waals surface area contributed by atoms with Crippen LogP contribution in [0.1, 0.15) is 12.0 Å². The molecule has 2 aromatic rings. The first-order chi connectivity index (χ1) is 15.4. The van der Waals surface area contributed by atoms with Crippen LogP contribution in [0.15, 0.2) is 47.4 Å². The summed E-state index contributed by atoms with van der Waals surface area (Å²) in [5.74, 6) is 0.352. The Hall–Kier alpha value is -2.17. The minimum absolute atomic E-state index is 0.154. The van der Waals surface area contributed by atoms with E-state index in [4.69, 9.17) is 21.1 Å². The third-order valence-electron chi connectivity index (χ3n) is 5.47. The standard InChI is InChI=1S/C22H26ClN3O5S/c23-17-2-7-20-16(14-17)15-21(31-20)22(27)25-18-3-5-19(6-4-18)32(28,29)24-8-1-9-26-10-12-30-13-11-26/h2-7,14,21,24H,1,8-13,15H2,(H,25,27). The quantitative estimate of drug-likeness (QED) is 0.564. The maximum absolute atomic E-state index is 12.5. The Morgan fingerprint density at radius 3 is 2.62 bits per heavy atom. The fourth-order valence-electron chi connectivity index (χ4n) is 3.72. The van der Waals surface area contributed by atoms with Gasteiger partial charge in [-0.15, -0.1) is 0 Å². The summed E-state index contributed by atoms with van der Waals surface area (Å²) in [6.45, 7) is 4.40. The molecule has 2 heterocycles. The lowest BCUT2D eigenvalue weighted by molar-refractivity contribution is -0.122. The second kappa shape index (κ2) is 10.2. The van der Waals surface area contributed by atoms with Gasteiger partial charge in [-0.1, -0.05) is 11.6 Å². The third-order valence-corrected chi connectivity index (χ3v) is 7.18. The molecule has 10 heteroatoms. The highest BCUT2D eigenvalue weighted by molar-refractivity contribution is 7.89. The number of anilines is 1. The lowest BCUT2D eigenvalue weighted by Gasteiger charge is -2.26. The van der Waals surface area contributed by atoms with Gasteiger partial charge in [0.05, 0.1) is 18.1 Å². The zero-order valence-electron chi connectivity index (χ0n) is 17.6. The number of benzene rings is 2. The van der Waals surface area contributed by atoms with E-state index in [0.29, 0.717) is 29.4 Å². The van der Waals surface area contributed by atoms with Crippen molar-refractivity contribution in [2.45, 2.75) is 23.8 Å². The van der Waals surface area contributed by atoms with Crippen LogP contribution in [-0.4, -0.2) is 64.7 Å². The van der Waals surface area contributed by atoms with Crippen molar-refractivity contribution in [2.75, 3.05) is 44.7 Å². The molecule has 2 aromatic carbocycles. The number of amides is 1. The smallest absolute Gasteiger partial charge is 0.265 e. The molecule has 0 saturated carbocycles. The van der Waals surface area contributed by atoms with E-state index in [1.165, 1.54) is 12.1 Å². The maximum atomic E-state index is 12.5. The molecular weight excluding hydrogens is 454 g/mol. The van der Waals surface area contributed by atoms with E-state index in [9.17, 15) is 13.2 Å². The molecule has 0 spiro atoms. The predicted molar refractivity (Wildman–Crippen MR) is 122 cm³/mol. The summed E-state index contributed by atoms with van der Waals surface area (Å²) in [4.78, 5) is 15.0. The number of nitrogens with one attached hydrogen (secondary N) is 2. The number of nitrogens with zero attached hydrogens (tertiary/aromatic N) is 1. The van der Waals surface area contributed by atoms with Crippen LogP contribution >= 0.6 is 11.6 Å². The number of sulfonamides is 1. The number of morpholine rings is 1. The maximum Gasteiger partial charge on any atom is 0.265 e. The molecule has 1 atom stereocenters. The topological polar surface area (TPSA) is 97.0 Å². The highest BCUT2D eigenvalue weighted by atomic mass is 35.5. The van der Waals surface area contributed by atoms with Crippen LogP contribution in [0.4, 0.5) is 5.69 Å². The van der Waals surface area contributed by atoms with Crippen LogP contribution in [0, 0.1) is 0 Å². The first-order valence-electron chi connectivity index (χ1n) is 10.6. The van der Waals surface area contributed by atoms with Crippen molar-refractivity contribution < 1.29 is 22.7 Å². The average Bonchev–Trinajstić information content (AvgIpc) is 3.21. The van der Waals surface area contributed by atoms with E-state index in [2.05, 4.69) is 14.9 Å². The summed E-state index contributed by atoms with van der Waals surface area (Å²) in [6.07, 6.45) is 0.505. The fraction of sp³-hybridized carbons (Fsp3) is 0.409. The average molecular weight is 480 g/mol. The van der Waals surface area contributed by atoms with E-state index < -0.39 is 16.1 Å². The molecule has 172 valence electrons. The van der Waals surface area contributed by atoms with Crippen molar-refractivity contribution in [3.05, 3.63) is 53.1 Å². The van der Waals surface area contributed by atoms with Gasteiger partial charge in [-0.05, 0) is 61.0 Å². The van der Waals surface area contributed by atoms with E-state index >= 15 is 0 Å². The van der Waals surface area contributed by atoms with Gasteiger partial charge in [0.1, 0.15) is 5.75 Å². The van der Waals surface area contributed by atoms with Gasteiger partial charge in [-0.25, -0.2) is 13.1 Å². The fourth-order valence-corrected chi connectivity index (χ4v) is 4.99. The Kier molecular flexibility index (Phi) is 7.32. The van der Waals surface area contributed by atoms with Crippen LogP contribution < -0.4 is 14.8 Å².